The average molecular weight is 387 g/mol. The number of hydrogen-bond acceptors (Lipinski definition) is 3. The molecular weight excluding hydrogens is 365 g/mol. The number of nitrogens with zero attached hydrogens (tertiary/aromatic N) is 2. The van der Waals surface area contributed by atoms with Gasteiger partial charge in [0.15, 0.2) is 0 Å². The molecular formula is C18H21F3N2S2. The van der Waals surface area contributed by atoms with Crippen LogP contribution >= 0.6 is 23.5 Å². The third kappa shape index (κ3) is 4.97. The number of aryl methyl sites for hydroxylation is 1. The molecule has 1 aromatic heterocycles. The molecule has 2 aromatic rings. The molecule has 0 unspecified atom stereocenters. The molecule has 2 heterocycles. The molecule has 0 bridgehead atoms. The van der Waals surface area contributed by atoms with Crippen LogP contribution in [0.2, 0.25) is 0 Å². The van der Waals surface area contributed by atoms with Crippen LogP contribution in [0.3, 0.4) is 0 Å². The smallest absolute Gasteiger partial charge is 0.337 e. The summed E-state index contributed by atoms with van der Waals surface area (Å²) in [5, 5.41) is 0. The molecule has 0 saturated carbocycles. The topological polar surface area (TPSA) is 17.8 Å². The summed E-state index contributed by atoms with van der Waals surface area (Å²) in [5.41, 5.74) is 0.384. The molecule has 1 aromatic carbocycles. The second-order valence-corrected chi connectivity index (χ2v) is 9.63. The van der Waals surface area contributed by atoms with Crippen molar-refractivity contribution in [3.8, 4) is 0 Å². The van der Waals surface area contributed by atoms with Crippen molar-refractivity contribution in [1.29, 1.82) is 0 Å². The maximum Gasteiger partial charge on any atom is 0.416 e. The van der Waals surface area contributed by atoms with Gasteiger partial charge in [0.2, 0.25) is 0 Å². The van der Waals surface area contributed by atoms with Crippen molar-refractivity contribution in [2.24, 2.45) is 5.92 Å². The maximum absolute atomic E-state index is 12.8. The maximum atomic E-state index is 12.8. The van der Waals surface area contributed by atoms with Crippen LogP contribution < -0.4 is 0 Å². The normalized spacial score (nSPS) is 24.4. The molecule has 0 atom stereocenters. The van der Waals surface area contributed by atoms with Crippen molar-refractivity contribution >= 4 is 23.5 Å². The fourth-order valence-corrected chi connectivity index (χ4v) is 6.17. The lowest BCUT2D eigenvalue weighted by Gasteiger charge is -2.38. The highest BCUT2D eigenvalue weighted by molar-refractivity contribution is 8.18. The number of alkyl halides is 3. The fraction of sp³-hybridized carbons (Fsp3) is 0.500. The summed E-state index contributed by atoms with van der Waals surface area (Å²) < 4.78 is 40.3. The standard InChI is InChI=1S/C18H21F3N2S2/c1-14-11-24-17(25-12-14,6-8-23-9-7-22-13-23)10-15-2-4-16(5-3-15)18(19,20)21/h2-5,7,9,13-14H,6,8,10-12H2,1H3. The summed E-state index contributed by atoms with van der Waals surface area (Å²) in [5.74, 6) is 2.86. The van der Waals surface area contributed by atoms with E-state index in [4.69, 9.17) is 0 Å². The molecule has 0 N–H and O–H groups in total. The van der Waals surface area contributed by atoms with Gasteiger partial charge in [-0.25, -0.2) is 4.98 Å². The van der Waals surface area contributed by atoms with E-state index >= 15 is 0 Å². The highest BCUT2D eigenvalue weighted by Gasteiger charge is 2.36. The summed E-state index contributed by atoms with van der Waals surface area (Å²) in [6.45, 7) is 3.12. The van der Waals surface area contributed by atoms with Crippen molar-refractivity contribution in [3.05, 3.63) is 54.1 Å². The fourth-order valence-electron chi connectivity index (χ4n) is 2.85. The van der Waals surface area contributed by atoms with Gasteiger partial charge in [-0.3, -0.25) is 0 Å². The lowest BCUT2D eigenvalue weighted by atomic mass is 10.0. The predicted molar refractivity (Wildman–Crippen MR) is 98.8 cm³/mol. The first kappa shape index (κ1) is 18.7. The first-order valence-corrected chi connectivity index (χ1v) is 10.2. The number of imidazole rings is 1. The highest BCUT2D eigenvalue weighted by Crippen LogP contribution is 2.48. The Morgan fingerprint density at radius 2 is 1.88 bits per heavy atom. The van der Waals surface area contributed by atoms with Crippen molar-refractivity contribution in [2.75, 3.05) is 11.5 Å². The van der Waals surface area contributed by atoms with E-state index in [1.54, 1.807) is 18.3 Å². The number of halogens is 3. The van der Waals surface area contributed by atoms with Gasteiger partial charge in [0.05, 0.1) is 16.0 Å². The number of thioether (sulfide) groups is 2. The Morgan fingerprint density at radius 1 is 1.20 bits per heavy atom. The zero-order valence-corrected chi connectivity index (χ0v) is 15.6. The summed E-state index contributed by atoms with van der Waals surface area (Å²) in [6, 6.07) is 5.64. The summed E-state index contributed by atoms with van der Waals surface area (Å²) in [4.78, 5) is 4.08. The van der Waals surface area contributed by atoms with E-state index in [2.05, 4.69) is 16.5 Å². The van der Waals surface area contributed by atoms with Gasteiger partial charge >= 0.3 is 6.18 Å². The van der Waals surface area contributed by atoms with Crippen molar-refractivity contribution in [3.63, 3.8) is 0 Å². The second-order valence-electron chi connectivity index (χ2n) is 6.56. The number of benzene rings is 1. The largest absolute Gasteiger partial charge is 0.416 e. The summed E-state index contributed by atoms with van der Waals surface area (Å²) in [6.07, 6.45) is 3.00. The van der Waals surface area contributed by atoms with E-state index in [1.807, 2.05) is 36.0 Å². The first-order chi connectivity index (χ1) is 11.9. The van der Waals surface area contributed by atoms with Gasteiger partial charge < -0.3 is 4.57 Å². The van der Waals surface area contributed by atoms with Crippen molar-refractivity contribution in [2.45, 2.75) is 36.6 Å². The van der Waals surface area contributed by atoms with Crippen LogP contribution in [-0.2, 0) is 19.1 Å². The van der Waals surface area contributed by atoms with Gasteiger partial charge in [-0.05, 0) is 48.0 Å². The third-order valence-corrected chi connectivity index (χ3v) is 8.25. The zero-order chi connectivity index (χ0) is 17.9. The van der Waals surface area contributed by atoms with E-state index in [1.165, 1.54) is 12.1 Å². The number of aromatic nitrogens is 2. The van der Waals surface area contributed by atoms with Crippen LogP contribution in [0.1, 0.15) is 24.5 Å². The summed E-state index contributed by atoms with van der Waals surface area (Å²) in [7, 11) is 0. The lowest BCUT2D eigenvalue weighted by Crippen LogP contribution is -2.32. The Bertz CT molecular complexity index is 661. The minimum Gasteiger partial charge on any atom is -0.337 e. The second kappa shape index (κ2) is 7.66. The van der Waals surface area contributed by atoms with Crippen LogP contribution in [0.25, 0.3) is 0 Å². The minimum absolute atomic E-state index is 0.0104. The molecule has 0 spiro atoms. The van der Waals surface area contributed by atoms with Gasteiger partial charge in [-0.15, -0.1) is 23.5 Å². The average Bonchev–Trinajstić information content (AvgIpc) is 3.09. The van der Waals surface area contributed by atoms with Gasteiger partial charge in [0, 0.05) is 18.9 Å². The number of rotatable bonds is 5. The minimum atomic E-state index is -4.28. The molecule has 1 aliphatic heterocycles. The van der Waals surface area contributed by atoms with E-state index in [0.717, 1.165) is 36.5 Å². The summed E-state index contributed by atoms with van der Waals surface area (Å²) >= 11 is 3.90. The van der Waals surface area contributed by atoms with Crippen LogP contribution in [0, 0.1) is 5.92 Å². The predicted octanol–water partition coefficient (Wildman–Crippen LogP) is 5.35. The molecule has 2 nitrogen and oxygen atoms in total. The van der Waals surface area contributed by atoms with Gasteiger partial charge in [0.1, 0.15) is 0 Å². The molecule has 1 fully saturated rings. The Balaban J connectivity index is 1.73. The van der Waals surface area contributed by atoms with Crippen LogP contribution in [-0.4, -0.2) is 25.1 Å². The molecule has 0 aliphatic carbocycles. The Labute approximate surface area is 154 Å². The Hall–Kier alpha value is -1.08. The molecule has 1 saturated heterocycles. The van der Waals surface area contributed by atoms with E-state index in [-0.39, 0.29) is 4.08 Å². The highest BCUT2D eigenvalue weighted by atomic mass is 32.2. The quantitative estimate of drug-likeness (QED) is 0.690. The van der Waals surface area contributed by atoms with Crippen LogP contribution in [0.15, 0.2) is 43.0 Å². The molecule has 7 heteroatoms. The van der Waals surface area contributed by atoms with Gasteiger partial charge in [-0.1, -0.05) is 19.1 Å². The van der Waals surface area contributed by atoms with E-state index < -0.39 is 11.7 Å². The van der Waals surface area contributed by atoms with Crippen molar-refractivity contribution in [1.82, 2.24) is 9.55 Å². The third-order valence-electron chi connectivity index (χ3n) is 4.33. The van der Waals surface area contributed by atoms with Crippen molar-refractivity contribution < 1.29 is 13.2 Å². The molecule has 136 valence electrons. The molecule has 3 rings (SSSR count). The Morgan fingerprint density at radius 3 is 2.44 bits per heavy atom. The van der Waals surface area contributed by atoms with E-state index in [0.29, 0.717) is 5.92 Å². The van der Waals surface area contributed by atoms with Gasteiger partial charge in [0.25, 0.3) is 0 Å². The monoisotopic (exact) mass is 386 g/mol. The molecule has 0 amide bonds. The molecule has 25 heavy (non-hydrogen) atoms. The van der Waals surface area contributed by atoms with Crippen LogP contribution in [0.5, 0.6) is 0 Å². The first-order valence-electron chi connectivity index (χ1n) is 8.26. The van der Waals surface area contributed by atoms with Gasteiger partial charge in [-0.2, -0.15) is 13.2 Å². The zero-order valence-electron chi connectivity index (χ0n) is 14.0. The SMILES string of the molecule is CC1CSC(CCn2ccnc2)(Cc2ccc(C(F)(F)F)cc2)SC1. The molecule has 1 aliphatic rings. The molecule has 0 radical (unpaired) electrons. The number of hydrogen-bond donors (Lipinski definition) is 0. The Kier molecular flexibility index (Phi) is 5.73. The van der Waals surface area contributed by atoms with Crippen LogP contribution in [0.4, 0.5) is 13.2 Å². The van der Waals surface area contributed by atoms with E-state index in [9.17, 15) is 13.2 Å². The lowest BCUT2D eigenvalue weighted by molar-refractivity contribution is -0.137.